The predicted octanol–water partition coefficient (Wildman–Crippen LogP) is 0.570. The van der Waals surface area contributed by atoms with E-state index in [-0.39, 0.29) is 12.3 Å². The van der Waals surface area contributed by atoms with E-state index in [1.807, 2.05) is 11.0 Å². The Morgan fingerprint density at radius 3 is 2.88 bits per heavy atom. The Labute approximate surface area is 102 Å². The molecule has 5 heteroatoms. The van der Waals surface area contributed by atoms with Crippen molar-refractivity contribution < 1.29 is 14.7 Å². The summed E-state index contributed by atoms with van der Waals surface area (Å²) < 4.78 is 0. The van der Waals surface area contributed by atoms with Crippen molar-refractivity contribution in [3.05, 3.63) is 12.7 Å². The largest absolute Gasteiger partial charge is 0.481 e. The van der Waals surface area contributed by atoms with E-state index in [1.54, 1.807) is 11.9 Å². The van der Waals surface area contributed by atoms with Gasteiger partial charge in [0.15, 0.2) is 0 Å². The van der Waals surface area contributed by atoms with Gasteiger partial charge in [-0.1, -0.05) is 6.08 Å². The Morgan fingerprint density at radius 2 is 2.29 bits per heavy atom. The normalized spacial score (nSPS) is 21.6. The molecule has 1 unspecified atom stereocenters. The van der Waals surface area contributed by atoms with Gasteiger partial charge >= 0.3 is 5.97 Å². The third kappa shape index (κ3) is 3.85. The van der Waals surface area contributed by atoms with Gasteiger partial charge in [0, 0.05) is 19.6 Å². The smallest absolute Gasteiger partial charge is 0.305 e. The van der Waals surface area contributed by atoms with Gasteiger partial charge in [0.05, 0.1) is 12.5 Å². The molecule has 0 spiro atoms. The van der Waals surface area contributed by atoms with Crippen molar-refractivity contribution in [3.63, 3.8) is 0 Å². The molecule has 1 atom stereocenters. The fourth-order valence-electron chi connectivity index (χ4n) is 2.00. The number of likely N-dealkylation sites (N-methyl/N-ethyl adjacent to an activating group) is 1. The van der Waals surface area contributed by atoms with Gasteiger partial charge in [-0.2, -0.15) is 0 Å². The van der Waals surface area contributed by atoms with Crippen LogP contribution >= 0.6 is 0 Å². The lowest BCUT2D eigenvalue weighted by Gasteiger charge is -2.38. The summed E-state index contributed by atoms with van der Waals surface area (Å²) in [6.07, 6.45) is 3.48. The van der Waals surface area contributed by atoms with Crippen molar-refractivity contribution in [2.45, 2.75) is 25.3 Å². The standard InChI is InChI=1S/C12H20N2O3/c1-3-4-5-6-14-8-7-13(2)10(12(14)17)9-11(15)16/h3,10H,1,4-9H2,2H3,(H,15,16). The molecule has 0 aliphatic carbocycles. The van der Waals surface area contributed by atoms with E-state index in [4.69, 9.17) is 5.11 Å². The first-order valence-corrected chi connectivity index (χ1v) is 5.88. The van der Waals surface area contributed by atoms with Crippen LogP contribution in [0.15, 0.2) is 12.7 Å². The molecule has 96 valence electrons. The van der Waals surface area contributed by atoms with Gasteiger partial charge in [-0.3, -0.25) is 14.5 Å². The molecule has 1 aliphatic rings. The van der Waals surface area contributed by atoms with Crippen molar-refractivity contribution in [3.8, 4) is 0 Å². The zero-order chi connectivity index (χ0) is 12.8. The van der Waals surface area contributed by atoms with E-state index in [0.29, 0.717) is 13.1 Å². The van der Waals surface area contributed by atoms with Gasteiger partial charge in [0.2, 0.25) is 5.91 Å². The van der Waals surface area contributed by atoms with Crippen LogP contribution in [0.3, 0.4) is 0 Å². The molecular weight excluding hydrogens is 220 g/mol. The van der Waals surface area contributed by atoms with Crippen LogP contribution in [0, 0.1) is 0 Å². The summed E-state index contributed by atoms with van der Waals surface area (Å²) in [7, 11) is 1.80. The monoisotopic (exact) mass is 240 g/mol. The summed E-state index contributed by atoms with van der Waals surface area (Å²) in [6, 6.07) is -0.509. The van der Waals surface area contributed by atoms with Crippen molar-refractivity contribution in [2.75, 3.05) is 26.7 Å². The van der Waals surface area contributed by atoms with Gasteiger partial charge in [0.25, 0.3) is 0 Å². The average molecular weight is 240 g/mol. The van der Waals surface area contributed by atoms with Crippen LogP contribution < -0.4 is 0 Å². The summed E-state index contributed by atoms with van der Waals surface area (Å²) >= 11 is 0. The Balaban J connectivity index is 2.55. The van der Waals surface area contributed by atoms with Crippen molar-refractivity contribution >= 4 is 11.9 Å². The highest BCUT2D eigenvalue weighted by atomic mass is 16.4. The van der Waals surface area contributed by atoms with Gasteiger partial charge in [-0.15, -0.1) is 6.58 Å². The number of hydrogen-bond acceptors (Lipinski definition) is 3. The number of nitrogens with zero attached hydrogens (tertiary/aromatic N) is 2. The average Bonchev–Trinajstić information content (AvgIpc) is 2.27. The number of amides is 1. The SMILES string of the molecule is C=CCCCN1CCN(C)C(CC(=O)O)C1=O. The van der Waals surface area contributed by atoms with Gasteiger partial charge in [-0.25, -0.2) is 0 Å². The highest BCUT2D eigenvalue weighted by Crippen LogP contribution is 2.13. The zero-order valence-corrected chi connectivity index (χ0v) is 10.3. The summed E-state index contributed by atoms with van der Waals surface area (Å²) in [5.74, 6) is -0.992. The third-order valence-electron chi connectivity index (χ3n) is 3.06. The highest BCUT2D eigenvalue weighted by Gasteiger charge is 2.33. The molecule has 0 bridgehead atoms. The molecule has 1 N–H and O–H groups in total. The van der Waals surface area contributed by atoms with E-state index in [2.05, 4.69) is 6.58 Å². The Hall–Kier alpha value is -1.36. The summed E-state index contributed by atoms with van der Waals surface area (Å²) in [5.41, 5.74) is 0. The summed E-state index contributed by atoms with van der Waals surface area (Å²) in [6.45, 7) is 5.75. The number of carbonyl (C=O) groups is 2. The molecule has 1 amide bonds. The van der Waals surface area contributed by atoms with E-state index >= 15 is 0 Å². The molecule has 1 saturated heterocycles. The quantitative estimate of drug-likeness (QED) is 0.544. The van der Waals surface area contributed by atoms with Crippen LogP contribution in [0.5, 0.6) is 0 Å². The number of unbranched alkanes of at least 4 members (excludes halogenated alkanes) is 1. The molecule has 0 aromatic rings. The summed E-state index contributed by atoms with van der Waals surface area (Å²) in [4.78, 5) is 26.4. The zero-order valence-electron chi connectivity index (χ0n) is 10.3. The number of hydrogen-bond donors (Lipinski definition) is 1. The number of allylic oxidation sites excluding steroid dienone is 1. The number of aliphatic carboxylic acids is 1. The Kier molecular flexibility index (Phi) is 5.15. The lowest BCUT2D eigenvalue weighted by Crippen LogP contribution is -2.56. The Bertz CT molecular complexity index is 304. The van der Waals surface area contributed by atoms with E-state index in [0.717, 1.165) is 19.4 Å². The van der Waals surface area contributed by atoms with Crippen molar-refractivity contribution in [1.29, 1.82) is 0 Å². The topological polar surface area (TPSA) is 60.9 Å². The van der Waals surface area contributed by atoms with Gasteiger partial charge in [0.1, 0.15) is 0 Å². The number of carboxylic acid groups (broad SMARTS) is 1. The van der Waals surface area contributed by atoms with Crippen LogP contribution in [0.2, 0.25) is 0 Å². The lowest BCUT2D eigenvalue weighted by atomic mass is 10.1. The van der Waals surface area contributed by atoms with E-state index in [9.17, 15) is 9.59 Å². The molecule has 5 nitrogen and oxygen atoms in total. The fraction of sp³-hybridized carbons (Fsp3) is 0.667. The van der Waals surface area contributed by atoms with Gasteiger partial charge in [-0.05, 0) is 19.9 Å². The molecular formula is C12H20N2O3. The lowest BCUT2D eigenvalue weighted by molar-refractivity contribution is -0.148. The first kappa shape index (κ1) is 13.7. The highest BCUT2D eigenvalue weighted by molar-refractivity contribution is 5.86. The second-order valence-electron chi connectivity index (χ2n) is 4.35. The van der Waals surface area contributed by atoms with Crippen LogP contribution in [-0.2, 0) is 9.59 Å². The maximum atomic E-state index is 12.1. The second kappa shape index (κ2) is 6.39. The van der Waals surface area contributed by atoms with Crippen molar-refractivity contribution in [2.24, 2.45) is 0 Å². The van der Waals surface area contributed by atoms with Crippen molar-refractivity contribution in [1.82, 2.24) is 9.80 Å². The molecule has 0 aromatic heterocycles. The minimum atomic E-state index is -0.928. The maximum Gasteiger partial charge on any atom is 0.305 e. The molecule has 1 heterocycles. The number of carboxylic acids is 1. The number of piperazine rings is 1. The van der Waals surface area contributed by atoms with Crippen LogP contribution in [0.25, 0.3) is 0 Å². The molecule has 0 aromatic carbocycles. The molecule has 17 heavy (non-hydrogen) atoms. The molecule has 0 radical (unpaired) electrons. The van der Waals surface area contributed by atoms with Crippen LogP contribution in [0.4, 0.5) is 0 Å². The van der Waals surface area contributed by atoms with E-state index < -0.39 is 12.0 Å². The molecule has 0 saturated carbocycles. The Morgan fingerprint density at radius 1 is 1.59 bits per heavy atom. The number of carbonyl (C=O) groups excluding carboxylic acids is 1. The van der Waals surface area contributed by atoms with Crippen LogP contribution in [0.1, 0.15) is 19.3 Å². The third-order valence-corrected chi connectivity index (χ3v) is 3.06. The molecule has 1 aliphatic heterocycles. The molecule has 1 fully saturated rings. The van der Waals surface area contributed by atoms with E-state index in [1.165, 1.54) is 0 Å². The minimum absolute atomic E-state index is 0.0646. The maximum absolute atomic E-state index is 12.1. The molecule has 1 rings (SSSR count). The summed E-state index contributed by atoms with van der Waals surface area (Å²) in [5, 5.41) is 8.79. The predicted molar refractivity (Wildman–Crippen MR) is 64.7 cm³/mol. The fourth-order valence-corrected chi connectivity index (χ4v) is 2.00. The van der Waals surface area contributed by atoms with Gasteiger partial charge < -0.3 is 10.0 Å². The first-order valence-electron chi connectivity index (χ1n) is 5.88. The number of rotatable bonds is 6. The second-order valence-corrected chi connectivity index (χ2v) is 4.35. The van der Waals surface area contributed by atoms with Crippen LogP contribution in [-0.4, -0.2) is 59.5 Å². The first-order chi connectivity index (χ1) is 8.06. The minimum Gasteiger partial charge on any atom is -0.481 e.